The Morgan fingerprint density at radius 2 is 0.906 bits per heavy atom. The van der Waals surface area contributed by atoms with Crippen molar-refractivity contribution < 1.29 is 23.7 Å². The fourth-order valence-corrected chi connectivity index (χ4v) is 3.63. The van der Waals surface area contributed by atoms with Crippen molar-refractivity contribution in [1.82, 2.24) is 0 Å². The molecule has 192 valence electrons. The molecule has 0 unspecified atom stereocenters. The number of unbranched alkanes of at least 4 members (excludes halogenated alkanes) is 14. The van der Waals surface area contributed by atoms with E-state index in [2.05, 4.69) is 6.92 Å². The summed E-state index contributed by atoms with van der Waals surface area (Å²) in [6.07, 6.45) is 20.4. The second-order valence-electron chi connectivity index (χ2n) is 8.45. The molecule has 0 saturated heterocycles. The highest BCUT2D eigenvalue weighted by Gasteiger charge is 2.02. The molecule has 0 aromatic rings. The molecule has 0 fully saturated rings. The highest BCUT2D eigenvalue weighted by atomic mass is 35.5. The number of rotatable bonds is 27. The highest BCUT2D eigenvalue weighted by molar-refractivity contribution is 6.17. The minimum absolute atomic E-state index is 0.115. The Morgan fingerprint density at radius 3 is 1.34 bits per heavy atom. The van der Waals surface area contributed by atoms with Crippen molar-refractivity contribution >= 4 is 17.6 Å². The van der Waals surface area contributed by atoms with Gasteiger partial charge >= 0.3 is 5.97 Å². The van der Waals surface area contributed by atoms with E-state index >= 15 is 0 Å². The first kappa shape index (κ1) is 31.6. The van der Waals surface area contributed by atoms with Crippen LogP contribution in [-0.2, 0) is 23.7 Å². The van der Waals surface area contributed by atoms with E-state index in [0.29, 0.717) is 58.5 Å². The summed E-state index contributed by atoms with van der Waals surface area (Å²) in [5.41, 5.74) is 0. The average molecular weight is 479 g/mol. The average Bonchev–Trinajstić information content (AvgIpc) is 2.80. The van der Waals surface area contributed by atoms with Crippen LogP contribution in [-0.4, -0.2) is 58.1 Å². The largest absolute Gasteiger partial charge is 0.463 e. The fourth-order valence-electron chi connectivity index (χ4n) is 3.52. The first-order valence-corrected chi connectivity index (χ1v) is 13.8. The van der Waals surface area contributed by atoms with E-state index in [1.807, 2.05) is 0 Å². The van der Waals surface area contributed by atoms with Crippen LogP contribution >= 0.6 is 11.6 Å². The molecule has 0 aromatic heterocycles. The van der Waals surface area contributed by atoms with E-state index in [4.69, 9.17) is 30.5 Å². The highest BCUT2D eigenvalue weighted by Crippen LogP contribution is 2.13. The summed E-state index contributed by atoms with van der Waals surface area (Å²) in [5.74, 6) is 0.386. The van der Waals surface area contributed by atoms with Crippen molar-refractivity contribution in [2.24, 2.45) is 0 Å². The van der Waals surface area contributed by atoms with Crippen LogP contribution in [0.15, 0.2) is 0 Å². The van der Waals surface area contributed by atoms with Gasteiger partial charge in [-0.1, -0.05) is 96.8 Å². The lowest BCUT2D eigenvalue weighted by Crippen LogP contribution is -2.14. The predicted octanol–water partition coefficient (Wildman–Crippen LogP) is 7.08. The van der Waals surface area contributed by atoms with Crippen LogP contribution in [0.25, 0.3) is 0 Å². The number of esters is 1. The number of alkyl halides is 1. The van der Waals surface area contributed by atoms with Crippen LogP contribution in [0, 0.1) is 0 Å². The van der Waals surface area contributed by atoms with E-state index in [-0.39, 0.29) is 5.97 Å². The maximum Gasteiger partial charge on any atom is 0.305 e. The normalized spacial score (nSPS) is 11.2. The summed E-state index contributed by atoms with van der Waals surface area (Å²) in [6, 6.07) is 0. The third-order valence-electron chi connectivity index (χ3n) is 5.44. The first-order chi connectivity index (χ1) is 15.8. The molecule has 0 spiro atoms. The van der Waals surface area contributed by atoms with Gasteiger partial charge in [0.25, 0.3) is 0 Å². The van der Waals surface area contributed by atoms with Gasteiger partial charge in [-0.2, -0.15) is 0 Å². The van der Waals surface area contributed by atoms with Gasteiger partial charge in [-0.15, -0.1) is 11.6 Å². The fraction of sp³-hybridized carbons (Fsp3) is 0.962. The van der Waals surface area contributed by atoms with Gasteiger partial charge in [-0.3, -0.25) is 4.79 Å². The van der Waals surface area contributed by atoms with Gasteiger partial charge in [0.1, 0.15) is 6.61 Å². The Kier molecular flexibility index (Phi) is 28.4. The predicted molar refractivity (Wildman–Crippen MR) is 134 cm³/mol. The number of halogens is 1. The zero-order valence-electron chi connectivity index (χ0n) is 20.9. The quantitative estimate of drug-likeness (QED) is 0.0716. The van der Waals surface area contributed by atoms with Crippen LogP contribution in [0.5, 0.6) is 0 Å². The Morgan fingerprint density at radius 1 is 0.531 bits per heavy atom. The van der Waals surface area contributed by atoms with Gasteiger partial charge in [-0.05, 0) is 6.42 Å². The summed E-state index contributed by atoms with van der Waals surface area (Å²) in [7, 11) is 0. The lowest BCUT2D eigenvalue weighted by atomic mass is 10.0. The van der Waals surface area contributed by atoms with Gasteiger partial charge in [0.05, 0.1) is 39.6 Å². The Bertz CT molecular complexity index is 368. The lowest BCUT2D eigenvalue weighted by molar-refractivity contribution is -0.145. The molecule has 0 rings (SSSR count). The van der Waals surface area contributed by atoms with Gasteiger partial charge < -0.3 is 18.9 Å². The van der Waals surface area contributed by atoms with E-state index in [1.54, 1.807) is 0 Å². The lowest BCUT2D eigenvalue weighted by Gasteiger charge is -2.07. The van der Waals surface area contributed by atoms with Gasteiger partial charge in [0, 0.05) is 12.3 Å². The third kappa shape index (κ3) is 27.7. The molecular formula is C26H51ClO5. The van der Waals surface area contributed by atoms with Gasteiger partial charge in [-0.25, -0.2) is 0 Å². The number of ether oxygens (including phenoxy) is 4. The molecular weight excluding hydrogens is 428 g/mol. The van der Waals surface area contributed by atoms with Crippen molar-refractivity contribution in [3.63, 3.8) is 0 Å². The molecule has 0 atom stereocenters. The molecule has 0 aliphatic rings. The summed E-state index contributed by atoms with van der Waals surface area (Å²) in [5, 5.41) is 0. The van der Waals surface area contributed by atoms with Crippen LogP contribution in [0.2, 0.25) is 0 Å². The standard InChI is InChI=1S/C26H51ClO5/c1-2-3-4-5-6-7-8-9-10-11-12-13-14-15-16-17-26(28)32-25-24-31-23-22-30-21-20-29-19-18-27/h2-25H2,1H3. The number of hydrogen-bond donors (Lipinski definition) is 0. The van der Waals surface area contributed by atoms with E-state index < -0.39 is 0 Å². The van der Waals surface area contributed by atoms with E-state index in [0.717, 1.165) is 12.8 Å². The van der Waals surface area contributed by atoms with Crippen LogP contribution < -0.4 is 0 Å². The Hall–Kier alpha value is -0.360. The molecule has 0 aliphatic heterocycles. The zero-order valence-corrected chi connectivity index (χ0v) is 21.6. The molecule has 0 amide bonds. The van der Waals surface area contributed by atoms with Crippen LogP contribution in [0.1, 0.15) is 110 Å². The topological polar surface area (TPSA) is 54.0 Å². The summed E-state index contributed by atoms with van der Waals surface area (Å²) in [6.45, 7) is 5.64. The molecule has 0 heterocycles. The Labute approximate surface area is 203 Å². The van der Waals surface area contributed by atoms with Gasteiger partial charge in [0.2, 0.25) is 0 Å². The molecule has 0 N–H and O–H groups in total. The third-order valence-corrected chi connectivity index (χ3v) is 5.59. The van der Waals surface area contributed by atoms with E-state index in [9.17, 15) is 4.79 Å². The van der Waals surface area contributed by atoms with Crippen molar-refractivity contribution in [1.29, 1.82) is 0 Å². The molecule has 5 nitrogen and oxygen atoms in total. The molecule has 6 heteroatoms. The minimum Gasteiger partial charge on any atom is -0.463 e. The Balaban J connectivity index is 3.13. The molecule has 0 saturated carbocycles. The maximum absolute atomic E-state index is 11.7. The monoisotopic (exact) mass is 478 g/mol. The molecule has 0 aromatic carbocycles. The summed E-state index contributed by atoms with van der Waals surface area (Å²) in [4.78, 5) is 11.7. The van der Waals surface area contributed by atoms with Crippen molar-refractivity contribution in [2.45, 2.75) is 110 Å². The van der Waals surface area contributed by atoms with Crippen LogP contribution in [0.4, 0.5) is 0 Å². The van der Waals surface area contributed by atoms with Crippen LogP contribution in [0.3, 0.4) is 0 Å². The number of carbonyl (C=O) groups excluding carboxylic acids is 1. The smallest absolute Gasteiger partial charge is 0.305 e. The van der Waals surface area contributed by atoms with E-state index in [1.165, 1.54) is 83.5 Å². The number of hydrogen-bond acceptors (Lipinski definition) is 5. The summed E-state index contributed by atoms with van der Waals surface area (Å²) >= 11 is 5.50. The molecule has 0 aliphatic carbocycles. The molecule has 0 bridgehead atoms. The minimum atomic E-state index is -0.115. The summed E-state index contributed by atoms with van der Waals surface area (Å²) < 4.78 is 21.1. The molecule has 32 heavy (non-hydrogen) atoms. The van der Waals surface area contributed by atoms with Crippen molar-refractivity contribution in [3.05, 3.63) is 0 Å². The second-order valence-corrected chi connectivity index (χ2v) is 8.82. The SMILES string of the molecule is CCCCCCCCCCCCCCCCCC(=O)OCCOCCOCCOCCCl. The first-order valence-electron chi connectivity index (χ1n) is 13.3. The molecule has 0 radical (unpaired) electrons. The van der Waals surface area contributed by atoms with Gasteiger partial charge in [0.15, 0.2) is 0 Å². The van der Waals surface area contributed by atoms with Crippen molar-refractivity contribution in [3.8, 4) is 0 Å². The maximum atomic E-state index is 11.7. The zero-order chi connectivity index (χ0) is 23.4. The second kappa shape index (κ2) is 28.7. The number of carbonyl (C=O) groups is 1. The van der Waals surface area contributed by atoms with Crippen molar-refractivity contribution in [2.75, 3.05) is 52.1 Å².